The van der Waals surface area contributed by atoms with Gasteiger partial charge in [-0.2, -0.15) is 0 Å². The van der Waals surface area contributed by atoms with E-state index in [-0.39, 0.29) is 5.54 Å². The maximum atomic E-state index is 2.69. The Kier molecular flexibility index (Phi) is 3.97. The van der Waals surface area contributed by atoms with E-state index in [1.54, 1.807) is 11.3 Å². The van der Waals surface area contributed by atoms with E-state index >= 15 is 0 Å². The van der Waals surface area contributed by atoms with Gasteiger partial charge >= 0.3 is 0 Å². The molecule has 1 radical (unpaired) electrons. The molecule has 0 N–H and O–H groups in total. The van der Waals surface area contributed by atoms with E-state index in [0.717, 1.165) is 0 Å². The van der Waals surface area contributed by atoms with E-state index in [4.69, 9.17) is 0 Å². The fourth-order valence-electron chi connectivity index (χ4n) is 2.98. The first-order valence-electron chi connectivity index (χ1n) is 6.58. The van der Waals surface area contributed by atoms with Gasteiger partial charge in [-0.25, -0.2) is 0 Å². The van der Waals surface area contributed by atoms with Crippen LogP contribution in [-0.4, -0.2) is 19.1 Å². The Morgan fingerprint density at radius 1 is 1.00 bits per heavy atom. The van der Waals surface area contributed by atoms with Crippen molar-refractivity contribution < 1.29 is 0 Å². The second-order valence-electron chi connectivity index (χ2n) is 6.49. The van der Waals surface area contributed by atoms with Crippen molar-refractivity contribution in [2.24, 2.45) is 5.92 Å². The summed E-state index contributed by atoms with van der Waals surface area (Å²) in [4.78, 5) is 0. The molecule has 17 heavy (non-hydrogen) atoms. The lowest BCUT2D eigenvalue weighted by Gasteiger charge is -2.44. The Bertz CT molecular complexity index is 369. The number of hydrogen-bond acceptors (Lipinski definition) is 1. The van der Waals surface area contributed by atoms with Crippen LogP contribution in [0.1, 0.15) is 48.5 Å². The van der Waals surface area contributed by atoms with E-state index in [1.165, 1.54) is 11.1 Å². The van der Waals surface area contributed by atoms with Gasteiger partial charge in [-0.3, -0.25) is 0 Å². The second kappa shape index (κ2) is 4.64. The summed E-state index contributed by atoms with van der Waals surface area (Å²) >= 11 is 0. The van der Waals surface area contributed by atoms with Crippen molar-refractivity contribution in [1.29, 1.82) is 0 Å². The van der Waals surface area contributed by atoms with Crippen LogP contribution in [0, 0.1) is 5.92 Å². The Morgan fingerprint density at radius 3 is 1.71 bits per heavy atom. The summed E-state index contributed by atoms with van der Waals surface area (Å²) in [6, 6.07) is 0. The van der Waals surface area contributed by atoms with Crippen LogP contribution in [0.25, 0.3) is 0 Å². The Balaban J connectivity index is 3.25. The predicted octanol–water partition coefficient (Wildman–Crippen LogP) is 4.60. The minimum absolute atomic E-state index is 0.230. The first kappa shape index (κ1) is 14.6. The Morgan fingerprint density at radius 2 is 1.47 bits per heavy atom. The summed E-state index contributed by atoms with van der Waals surface area (Å²) in [6.07, 6.45) is 0. The molecule has 1 unspecified atom stereocenters. The fourth-order valence-corrected chi connectivity index (χ4v) is 5.16. The van der Waals surface area contributed by atoms with Crippen molar-refractivity contribution in [1.82, 2.24) is 4.57 Å². The lowest BCUT2D eigenvalue weighted by molar-refractivity contribution is 0.282. The van der Waals surface area contributed by atoms with E-state index in [2.05, 4.69) is 66.1 Å². The molecule has 0 bridgehead atoms. The average Bonchev–Trinajstić information content (AvgIpc) is 2.33. The molecule has 0 fully saturated rings. The molecule has 0 aromatic rings. The van der Waals surface area contributed by atoms with Crippen LogP contribution < -0.4 is 0 Å². The van der Waals surface area contributed by atoms with Crippen LogP contribution in [0.2, 0.25) is 13.1 Å². The van der Waals surface area contributed by atoms with Crippen LogP contribution >= 0.6 is 0 Å². The zero-order valence-corrected chi connectivity index (χ0v) is 14.0. The number of rotatable bonds is 2. The summed E-state index contributed by atoms with van der Waals surface area (Å²) in [6.45, 7) is 21.0. The van der Waals surface area contributed by atoms with E-state index in [9.17, 15) is 0 Å². The molecular formula is C15H28NSi. The SMILES string of the molecule is CC1=C(C)C(C)C(N([Si](C)C)C(C)(C)C)=C1C. The molecule has 1 aliphatic carbocycles. The third-order valence-electron chi connectivity index (χ3n) is 3.96. The van der Waals surface area contributed by atoms with Gasteiger partial charge in [0.2, 0.25) is 0 Å². The van der Waals surface area contributed by atoms with Crippen molar-refractivity contribution in [2.75, 3.05) is 0 Å². The largest absolute Gasteiger partial charge is 0.396 e. The van der Waals surface area contributed by atoms with E-state index in [0.29, 0.717) is 5.92 Å². The van der Waals surface area contributed by atoms with Crippen LogP contribution in [0.4, 0.5) is 0 Å². The summed E-state index contributed by atoms with van der Waals surface area (Å²) < 4.78 is 2.69. The first-order valence-corrected chi connectivity index (χ1v) is 9.02. The summed E-state index contributed by atoms with van der Waals surface area (Å²) in [5.41, 5.74) is 6.37. The van der Waals surface area contributed by atoms with Gasteiger partial charge in [-0.05, 0) is 52.7 Å². The first-order chi connectivity index (χ1) is 7.59. The van der Waals surface area contributed by atoms with Crippen molar-refractivity contribution in [3.8, 4) is 0 Å². The van der Waals surface area contributed by atoms with Crippen molar-refractivity contribution >= 4 is 8.96 Å². The molecular weight excluding hydrogens is 222 g/mol. The van der Waals surface area contributed by atoms with Crippen molar-refractivity contribution in [3.63, 3.8) is 0 Å². The molecule has 1 rings (SSSR count). The normalized spacial score (nSPS) is 21.9. The lowest BCUT2D eigenvalue weighted by atomic mass is 10.00. The fraction of sp³-hybridized carbons (Fsp3) is 0.733. The minimum atomic E-state index is -0.476. The smallest absolute Gasteiger partial charge is 0.163 e. The highest BCUT2D eigenvalue weighted by Crippen LogP contribution is 2.41. The minimum Gasteiger partial charge on any atom is -0.396 e. The maximum absolute atomic E-state index is 2.69. The summed E-state index contributed by atoms with van der Waals surface area (Å²) in [7, 11) is -0.476. The molecule has 97 valence electrons. The van der Waals surface area contributed by atoms with Gasteiger partial charge in [0.25, 0.3) is 0 Å². The zero-order valence-electron chi connectivity index (χ0n) is 13.0. The van der Waals surface area contributed by atoms with Gasteiger partial charge in [-0.1, -0.05) is 25.6 Å². The highest BCUT2D eigenvalue weighted by atomic mass is 28.3. The third kappa shape index (κ3) is 2.52. The molecule has 1 atom stereocenters. The van der Waals surface area contributed by atoms with Crippen molar-refractivity contribution in [3.05, 3.63) is 22.4 Å². The molecule has 0 aromatic heterocycles. The monoisotopic (exact) mass is 250 g/mol. The molecule has 0 saturated heterocycles. The highest BCUT2D eigenvalue weighted by molar-refractivity contribution is 6.53. The van der Waals surface area contributed by atoms with E-state index < -0.39 is 8.96 Å². The predicted molar refractivity (Wildman–Crippen MR) is 79.3 cm³/mol. The molecule has 0 saturated carbocycles. The molecule has 0 heterocycles. The van der Waals surface area contributed by atoms with Gasteiger partial charge in [0.15, 0.2) is 8.96 Å². The average molecular weight is 250 g/mol. The van der Waals surface area contributed by atoms with Crippen LogP contribution in [0.3, 0.4) is 0 Å². The van der Waals surface area contributed by atoms with Crippen LogP contribution in [0.5, 0.6) is 0 Å². The molecule has 0 spiro atoms. The topological polar surface area (TPSA) is 3.24 Å². The molecule has 2 heteroatoms. The number of allylic oxidation sites excluding steroid dienone is 3. The van der Waals surface area contributed by atoms with Gasteiger partial charge in [0, 0.05) is 17.2 Å². The Labute approximate surface area is 109 Å². The van der Waals surface area contributed by atoms with Crippen LogP contribution in [-0.2, 0) is 0 Å². The Hall–Kier alpha value is -0.503. The van der Waals surface area contributed by atoms with Gasteiger partial charge in [-0.15, -0.1) is 0 Å². The molecule has 0 aliphatic heterocycles. The summed E-state index contributed by atoms with van der Waals surface area (Å²) in [5.74, 6) is 0.592. The van der Waals surface area contributed by atoms with Crippen LogP contribution in [0.15, 0.2) is 22.4 Å². The molecule has 0 aromatic carbocycles. The number of nitrogens with zero attached hydrogens (tertiary/aromatic N) is 1. The standard InChI is InChI=1S/C15H28NSi/c1-10-11(2)13(4)14(12(10)3)16(17(8)9)15(5,6)7/h12H,1-9H3. The summed E-state index contributed by atoms with van der Waals surface area (Å²) in [5, 5.41) is 0. The molecule has 1 nitrogen and oxygen atoms in total. The second-order valence-corrected chi connectivity index (χ2v) is 8.84. The molecule has 0 amide bonds. The van der Waals surface area contributed by atoms with Gasteiger partial charge < -0.3 is 4.57 Å². The van der Waals surface area contributed by atoms with Crippen molar-refractivity contribution in [2.45, 2.75) is 67.1 Å². The molecule has 1 aliphatic rings. The lowest BCUT2D eigenvalue weighted by Crippen LogP contribution is -2.48. The third-order valence-corrected chi connectivity index (χ3v) is 5.76. The number of hydrogen-bond donors (Lipinski definition) is 0. The van der Waals surface area contributed by atoms with Gasteiger partial charge in [0.05, 0.1) is 0 Å². The van der Waals surface area contributed by atoms with Gasteiger partial charge in [0.1, 0.15) is 0 Å². The maximum Gasteiger partial charge on any atom is 0.163 e. The zero-order chi connectivity index (χ0) is 13.5. The highest BCUT2D eigenvalue weighted by Gasteiger charge is 2.34. The van der Waals surface area contributed by atoms with E-state index in [1.807, 2.05) is 0 Å². The quantitative estimate of drug-likeness (QED) is 0.648.